The summed E-state index contributed by atoms with van der Waals surface area (Å²) >= 11 is 0. The molecule has 2 saturated heterocycles. The Hall–Kier alpha value is -0.700. The van der Waals surface area contributed by atoms with Gasteiger partial charge in [-0.1, -0.05) is 0 Å². The van der Waals surface area contributed by atoms with Crippen LogP contribution in [0.4, 0.5) is 0 Å². The maximum atomic E-state index is 12.3. The van der Waals surface area contributed by atoms with E-state index in [1.54, 1.807) is 0 Å². The molecule has 0 bridgehead atoms. The highest BCUT2D eigenvalue weighted by Gasteiger charge is 2.44. The second-order valence-corrected chi connectivity index (χ2v) is 6.90. The molecule has 19 heavy (non-hydrogen) atoms. The fourth-order valence-corrected chi connectivity index (χ4v) is 4.46. The SMILES string of the molecule is COC1CC(C(=O)O)N(S(=O)(=O)CC2CCCO2)C1. The van der Waals surface area contributed by atoms with Crippen LogP contribution >= 0.6 is 0 Å². The van der Waals surface area contributed by atoms with Crippen LogP contribution in [0.5, 0.6) is 0 Å². The minimum Gasteiger partial charge on any atom is -0.480 e. The van der Waals surface area contributed by atoms with Crippen LogP contribution < -0.4 is 0 Å². The molecule has 0 spiro atoms. The van der Waals surface area contributed by atoms with Gasteiger partial charge < -0.3 is 14.6 Å². The van der Waals surface area contributed by atoms with Gasteiger partial charge in [0.25, 0.3) is 0 Å². The number of aliphatic carboxylic acids is 1. The van der Waals surface area contributed by atoms with Gasteiger partial charge in [-0.3, -0.25) is 4.79 Å². The minimum atomic E-state index is -3.63. The monoisotopic (exact) mass is 293 g/mol. The lowest BCUT2D eigenvalue weighted by molar-refractivity contribution is -0.140. The van der Waals surface area contributed by atoms with Crippen molar-refractivity contribution in [2.75, 3.05) is 26.0 Å². The normalized spacial score (nSPS) is 32.8. The van der Waals surface area contributed by atoms with E-state index in [0.717, 1.165) is 10.7 Å². The summed E-state index contributed by atoms with van der Waals surface area (Å²) in [6, 6.07) is -1.03. The van der Waals surface area contributed by atoms with Crippen molar-refractivity contribution < 1.29 is 27.8 Å². The summed E-state index contributed by atoms with van der Waals surface area (Å²) < 4.78 is 36.0. The van der Waals surface area contributed by atoms with E-state index in [9.17, 15) is 13.2 Å². The number of carboxylic acid groups (broad SMARTS) is 1. The number of carbonyl (C=O) groups is 1. The van der Waals surface area contributed by atoms with Crippen LogP contribution in [-0.2, 0) is 24.3 Å². The third-order valence-electron chi connectivity index (χ3n) is 3.61. The molecule has 2 heterocycles. The topological polar surface area (TPSA) is 93.1 Å². The molecule has 2 aliphatic rings. The Kier molecular flexibility index (Phi) is 4.44. The van der Waals surface area contributed by atoms with Gasteiger partial charge in [-0.05, 0) is 12.8 Å². The molecule has 0 aromatic heterocycles. The molecule has 3 unspecified atom stereocenters. The lowest BCUT2D eigenvalue weighted by Gasteiger charge is -2.22. The summed E-state index contributed by atoms with van der Waals surface area (Å²) in [7, 11) is -2.18. The molecule has 2 fully saturated rings. The molecule has 0 aromatic carbocycles. The Morgan fingerprint density at radius 2 is 2.26 bits per heavy atom. The molecule has 0 radical (unpaired) electrons. The first-order chi connectivity index (χ1) is 8.94. The molecule has 1 N–H and O–H groups in total. The highest BCUT2D eigenvalue weighted by molar-refractivity contribution is 7.89. The van der Waals surface area contributed by atoms with Crippen molar-refractivity contribution in [2.24, 2.45) is 0 Å². The fourth-order valence-electron chi connectivity index (χ4n) is 2.58. The Balaban J connectivity index is 2.10. The van der Waals surface area contributed by atoms with Gasteiger partial charge in [-0.15, -0.1) is 0 Å². The smallest absolute Gasteiger partial charge is 0.322 e. The van der Waals surface area contributed by atoms with Crippen LogP contribution in [0.2, 0.25) is 0 Å². The van der Waals surface area contributed by atoms with Gasteiger partial charge in [0.05, 0.1) is 18.0 Å². The number of methoxy groups -OCH3 is 1. The average molecular weight is 293 g/mol. The first-order valence-corrected chi connectivity index (χ1v) is 7.91. The van der Waals surface area contributed by atoms with Gasteiger partial charge in [-0.2, -0.15) is 4.31 Å². The number of rotatable bonds is 5. The molecule has 0 saturated carbocycles. The molecule has 8 heteroatoms. The van der Waals surface area contributed by atoms with Crippen molar-refractivity contribution in [1.82, 2.24) is 4.31 Å². The zero-order valence-electron chi connectivity index (χ0n) is 10.8. The first kappa shape index (κ1) is 14.7. The molecule has 0 aliphatic carbocycles. The van der Waals surface area contributed by atoms with E-state index in [1.165, 1.54) is 7.11 Å². The number of nitrogens with zero attached hydrogens (tertiary/aromatic N) is 1. The van der Waals surface area contributed by atoms with Crippen molar-refractivity contribution >= 4 is 16.0 Å². The van der Waals surface area contributed by atoms with Gasteiger partial charge in [0.1, 0.15) is 6.04 Å². The maximum Gasteiger partial charge on any atom is 0.322 e. The van der Waals surface area contributed by atoms with Crippen molar-refractivity contribution in [3.05, 3.63) is 0 Å². The highest BCUT2D eigenvalue weighted by atomic mass is 32.2. The zero-order valence-corrected chi connectivity index (χ0v) is 11.6. The lowest BCUT2D eigenvalue weighted by Crippen LogP contribution is -2.43. The third kappa shape index (κ3) is 3.25. The summed E-state index contributed by atoms with van der Waals surface area (Å²) in [6.45, 7) is 0.672. The summed E-state index contributed by atoms with van der Waals surface area (Å²) in [5.41, 5.74) is 0. The van der Waals surface area contributed by atoms with Gasteiger partial charge in [0.2, 0.25) is 10.0 Å². The molecule has 3 atom stereocenters. The van der Waals surface area contributed by atoms with E-state index in [0.29, 0.717) is 13.0 Å². The number of ether oxygens (including phenoxy) is 2. The van der Waals surface area contributed by atoms with Gasteiger partial charge in [0, 0.05) is 26.7 Å². The van der Waals surface area contributed by atoms with E-state index in [4.69, 9.17) is 14.6 Å². The average Bonchev–Trinajstić information content (AvgIpc) is 2.96. The fraction of sp³-hybridized carbons (Fsp3) is 0.909. The Labute approximate surface area is 112 Å². The summed E-state index contributed by atoms with van der Waals surface area (Å²) in [6.07, 6.45) is 1.07. The molecule has 7 nitrogen and oxygen atoms in total. The molecular formula is C11H19NO6S. The van der Waals surface area contributed by atoms with Crippen LogP contribution in [0, 0.1) is 0 Å². The van der Waals surface area contributed by atoms with Crippen LogP contribution in [0.1, 0.15) is 19.3 Å². The van der Waals surface area contributed by atoms with Crippen molar-refractivity contribution in [2.45, 2.75) is 37.5 Å². The molecule has 0 amide bonds. The first-order valence-electron chi connectivity index (χ1n) is 6.30. The third-order valence-corrected chi connectivity index (χ3v) is 5.52. The molecule has 110 valence electrons. The highest BCUT2D eigenvalue weighted by Crippen LogP contribution is 2.26. The van der Waals surface area contributed by atoms with Gasteiger partial charge >= 0.3 is 5.97 Å². The number of carboxylic acids is 1. The predicted octanol–water partition coefficient (Wildman–Crippen LogP) is -0.331. The van der Waals surface area contributed by atoms with Crippen LogP contribution in [0.3, 0.4) is 0 Å². The quantitative estimate of drug-likeness (QED) is 0.746. The largest absolute Gasteiger partial charge is 0.480 e. The van der Waals surface area contributed by atoms with Crippen LogP contribution in [-0.4, -0.2) is 68.1 Å². The van der Waals surface area contributed by atoms with E-state index in [1.807, 2.05) is 0 Å². The van der Waals surface area contributed by atoms with E-state index in [-0.39, 0.29) is 30.9 Å². The molecule has 0 aromatic rings. The second kappa shape index (κ2) is 5.74. The van der Waals surface area contributed by atoms with Gasteiger partial charge in [0.15, 0.2) is 0 Å². The van der Waals surface area contributed by atoms with E-state index >= 15 is 0 Å². The Morgan fingerprint density at radius 1 is 1.53 bits per heavy atom. The summed E-state index contributed by atoms with van der Waals surface area (Å²) in [4.78, 5) is 11.2. The standard InChI is InChI=1S/C11H19NO6S/c1-17-9-5-10(11(13)14)12(6-9)19(15,16)7-8-3-2-4-18-8/h8-10H,2-7H2,1H3,(H,13,14). The molecule has 2 rings (SSSR count). The summed E-state index contributed by atoms with van der Waals surface area (Å²) in [5.74, 6) is -1.27. The zero-order chi connectivity index (χ0) is 14.0. The predicted molar refractivity (Wildman–Crippen MR) is 66.3 cm³/mol. The summed E-state index contributed by atoms with van der Waals surface area (Å²) in [5, 5.41) is 9.13. The second-order valence-electron chi connectivity index (χ2n) is 4.93. The molecule has 2 aliphatic heterocycles. The van der Waals surface area contributed by atoms with Crippen molar-refractivity contribution in [1.29, 1.82) is 0 Å². The van der Waals surface area contributed by atoms with Crippen molar-refractivity contribution in [3.8, 4) is 0 Å². The van der Waals surface area contributed by atoms with Gasteiger partial charge in [-0.25, -0.2) is 8.42 Å². The van der Waals surface area contributed by atoms with E-state index < -0.39 is 22.0 Å². The minimum absolute atomic E-state index is 0.0997. The Morgan fingerprint density at radius 3 is 2.79 bits per heavy atom. The number of hydrogen-bond donors (Lipinski definition) is 1. The van der Waals surface area contributed by atoms with E-state index in [2.05, 4.69) is 0 Å². The Bertz CT molecular complexity index is 430. The number of sulfonamides is 1. The molecular weight excluding hydrogens is 274 g/mol. The van der Waals surface area contributed by atoms with Crippen LogP contribution in [0.25, 0.3) is 0 Å². The number of hydrogen-bond acceptors (Lipinski definition) is 5. The lowest BCUT2D eigenvalue weighted by atomic mass is 10.2. The maximum absolute atomic E-state index is 12.3. The van der Waals surface area contributed by atoms with Crippen molar-refractivity contribution in [3.63, 3.8) is 0 Å². The van der Waals surface area contributed by atoms with Crippen LogP contribution in [0.15, 0.2) is 0 Å².